The third-order valence-corrected chi connectivity index (χ3v) is 2.46. The van der Waals surface area contributed by atoms with Crippen LogP contribution >= 0.6 is 12.4 Å². The number of halogens is 1. The lowest BCUT2D eigenvalue weighted by atomic mass is 10.2. The molecule has 1 aromatic carbocycles. The van der Waals surface area contributed by atoms with Gasteiger partial charge in [0.1, 0.15) is 11.9 Å². The smallest absolute Gasteiger partial charge is 0.169 e. The van der Waals surface area contributed by atoms with E-state index in [0.29, 0.717) is 0 Å². The largest absolute Gasteiger partial charge is 0.624 e. The summed E-state index contributed by atoms with van der Waals surface area (Å²) in [4.78, 5) is 4.18. The fraction of sp³-hybridized carbons (Fsp3) is 0. The summed E-state index contributed by atoms with van der Waals surface area (Å²) >= 11 is 0. The third kappa shape index (κ3) is 1.41. The molecule has 3 rings (SSSR count). The molecule has 0 bridgehead atoms. The van der Waals surface area contributed by atoms with Crippen LogP contribution in [0.5, 0.6) is 0 Å². The van der Waals surface area contributed by atoms with Crippen molar-refractivity contribution >= 4 is 29.9 Å². The van der Waals surface area contributed by atoms with Crippen molar-refractivity contribution in [3.63, 3.8) is 0 Å². The van der Waals surface area contributed by atoms with Crippen LogP contribution in [0.15, 0.2) is 41.7 Å². The van der Waals surface area contributed by atoms with Crippen LogP contribution in [0, 0.1) is 5.21 Å². The number of nitrogens with zero attached hydrogens (tertiary/aromatic N) is 1. The zero-order valence-electron chi connectivity index (χ0n) is 7.81. The molecule has 1 aliphatic heterocycles. The van der Waals surface area contributed by atoms with Gasteiger partial charge in [-0.2, -0.15) is 0 Å². The highest BCUT2D eigenvalue weighted by Gasteiger charge is 2.19. The van der Waals surface area contributed by atoms with Gasteiger partial charge in [0.05, 0.1) is 6.20 Å². The van der Waals surface area contributed by atoms with Gasteiger partial charge in [0.2, 0.25) is 0 Å². The zero-order valence-corrected chi connectivity index (χ0v) is 8.62. The minimum absolute atomic E-state index is 0. The van der Waals surface area contributed by atoms with Gasteiger partial charge in [-0.3, -0.25) is 0 Å². The number of hydroxylamine groups is 2. The molecule has 15 heavy (non-hydrogen) atoms. The molecule has 4 heteroatoms. The van der Waals surface area contributed by atoms with E-state index in [0.717, 1.165) is 21.8 Å². The van der Waals surface area contributed by atoms with Crippen LogP contribution in [-0.2, 0) is 0 Å². The van der Waals surface area contributed by atoms with Gasteiger partial charge in [-0.25, -0.2) is 4.99 Å². The molecule has 1 aromatic rings. The standard InChI is InChI=1S/C11H8N2O.ClH/c14-13-6-5-12-10-7-8-3-1-2-4-9(8)11(10)13;/h1-7,13H;1H. The van der Waals surface area contributed by atoms with Crippen LogP contribution in [0.2, 0.25) is 0 Å². The summed E-state index contributed by atoms with van der Waals surface area (Å²) in [6, 6.07) is 7.86. The van der Waals surface area contributed by atoms with Crippen molar-refractivity contribution in [3.8, 4) is 0 Å². The first-order chi connectivity index (χ1) is 6.86. The van der Waals surface area contributed by atoms with Gasteiger partial charge in [0.15, 0.2) is 5.70 Å². The van der Waals surface area contributed by atoms with Gasteiger partial charge in [-0.15, -0.1) is 12.4 Å². The Balaban J connectivity index is 0.000000853. The van der Waals surface area contributed by atoms with Gasteiger partial charge in [0.25, 0.3) is 0 Å². The van der Waals surface area contributed by atoms with Crippen molar-refractivity contribution in [2.24, 2.45) is 4.99 Å². The SMILES string of the molecule is Cl.[O-][NH+]1C=CN=C2C=c3ccccc3=C21. The van der Waals surface area contributed by atoms with E-state index in [4.69, 9.17) is 0 Å². The summed E-state index contributed by atoms with van der Waals surface area (Å²) in [5.74, 6) is 0. The van der Waals surface area contributed by atoms with Gasteiger partial charge in [0, 0.05) is 5.22 Å². The topological polar surface area (TPSA) is 39.9 Å². The molecule has 0 saturated carbocycles. The fourth-order valence-corrected chi connectivity index (χ4v) is 1.84. The van der Waals surface area contributed by atoms with Gasteiger partial charge < -0.3 is 10.3 Å². The van der Waals surface area contributed by atoms with Crippen molar-refractivity contribution < 1.29 is 5.06 Å². The lowest BCUT2D eigenvalue weighted by Crippen LogP contribution is -3.01. The number of nitrogens with one attached hydrogen (secondary N) is 1. The maximum absolute atomic E-state index is 11.6. The summed E-state index contributed by atoms with van der Waals surface area (Å²) in [6.07, 6.45) is 5.02. The van der Waals surface area contributed by atoms with Crippen LogP contribution in [0.1, 0.15) is 0 Å². The molecule has 1 unspecified atom stereocenters. The Bertz CT molecular complexity index is 574. The second-order valence-corrected chi connectivity index (χ2v) is 3.30. The lowest BCUT2D eigenvalue weighted by molar-refractivity contribution is -0.704. The second kappa shape index (κ2) is 3.62. The highest BCUT2D eigenvalue weighted by Crippen LogP contribution is 2.00. The normalized spacial score (nSPS) is 21.0. The number of quaternary nitrogens is 1. The molecule has 0 radical (unpaired) electrons. The van der Waals surface area contributed by atoms with Crippen LogP contribution in [0.3, 0.4) is 0 Å². The molecule has 1 heterocycles. The minimum Gasteiger partial charge on any atom is -0.624 e. The Labute approximate surface area is 92.7 Å². The number of benzene rings is 1. The zero-order chi connectivity index (χ0) is 9.54. The quantitative estimate of drug-likeness (QED) is 0.579. The van der Waals surface area contributed by atoms with E-state index in [1.165, 1.54) is 6.20 Å². The maximum atomic E-state index is 11.6. The molecule has 1 aliphatic carbocycles. The number of hydrogen-bond acceptors (Lipinski definition) is 2. The Hall–Kier alpha value is -1.42. The Kier molecular flexibility index (Phi) is 2.44. The number of aliphatic imine (C=N–C) groups is 1. The van der Waals surface area contributed by atoms with Gasteiger partial charge in [-0.05, 0) is 17.4 Å². The van der Waals surface area contributed by atoms with E-state index in [1.54, 1.807) is 6.20 Å². The fourth-order valence-electron chi connectivity index (χ4n) is 1.84. The highest BCUT2D eigenvalue weighted by atomic mass is 35.5. The Morgan fingerprint density at radius 1 is 1.20 bits per heavy atom. The van der Waals surface area contributed by atoms with E-state index in [2.05, 4.69) is 4.99 Å². The average Bonchev–Trinajstić information content (AvgIpc) is 2.57. The molecule has 1 atom stereocenters. The first kappa shape index (κ1) is 10.1. The number of rotatable bonds is 0. The van der Waals surface area contributed by atoms with Crippen LogP contribution in [0.4, 0.5) is 0 Å². The molecule has 0 fully saturated rings. The average molecular weight is 221 g/mol. The van der Waals surface area contributed by atoms with Crippen LogP contribution < -0.4 is 15.5 Å². The van der Waals surface area contributed by atoms with E-state index in [1.807, 2.05) is 30.3 Å². The van der Waals surface area contributed by atoms with Crippen LogP contribution in [0.25, 0.3) is 11.8 Å². The van der Waals surface area contributed by atoms with Crippen molar-refractivity contribution in [2.45, 2.75) is 0 Å². The summed E-state index contributed by atoms with van der Waals surface area (Å²) < 4.78 is 0. The molecule has 2 aliphatic rings. The molecule has 0 amide bonds. The molecule has 0 spiro atoms. The van der Waals surface area contributed by atoms with E-state index < -0.39 is 0 Å². The summed E-state index contributed by atoms with van der Waals surface area (Å²) in [6.45, 7) is 0. The summed E-state index contributed by atoms with van der Waals surface area (Å²) in [7, 11) is 0. The lowest BCUT2D eigenvalue weighted by Gasteiger charge is -2.20. The van der Waals surface area contributed by atoms with E-state index in [9.17, 15) is 5.21 Å². The molecular weight excluding hydrogens is 212 g/mol. The predicted octanol–water partition coefficient (Wildman–Crippen LogP) is -0.681. The van der Waals surface area contributed by atoms with Gasteiger partial charge >= 0.3 is 0 Å². The summed E-state index contributed by atoms with van der Waals surface area (Å²) in [5, 5.41) is 13.7. The first-order valence-electron chi connectivity index (χ1n) is 4.46. The Morgan fingerprint density at radius 2 is 2.00 bits per heavy atom. The molecule has 3 nitrogen and oxygen atoms in total. The van der Waals surface area contributed by atoms with E-state index in [-0.39, 0.29) is 17.5 Å². The molecule has 76 valence electrons. The first-order valence-corrected chi connectivity index (χ1v) is 4.46. The predicted molar refractivity (Wildman–Crippen MR) is 61.7 cm³/mol. The second-order valence-electron chi connectivity index (χ2n) is 3.30. The maximum Gasteiger partial charge on any atom is 0.169 e. The van der Waals surface area contributed by atoms with E-state index >= 15 is 0 Å². The molecule has 0 saturated heterocycles. The Morgan fingerprint density at radius 3 is 2.87 bits per heavy atom. The molecule has 1 N–H and O–H groups in total. The van der Waals surface area contributed by atoms with Crippen LogP contribution in [-0.4, -0.2) is 5.71 Å². The van der Waals surface area contributed by atoms with Crippen molar-refractivity contribution in [2.75, 3.05) is 0 Å². The monoisotopic (exact) mass is 220 g/mol. The van der Waals surface area contributed by atoms with Crippen molar-refractivity contribution in [1.82, 2.24) is 0 Å². The van der Waals surface area contributed by atoms with Crippen molar-refractivity contribution in [3.05, 3.63) is 52.3 Å². The molecular formula is C11H9ClN2O. The number of fused-ring (bicyclic) bond motifs is 2. The van der Waals surface area contributed by atoms with Crippen molar-refractivity contribution in [1.29, 1.82) is 0 Å². The minimum atomic E-state index is 0. The van der Waals surface area contributed by atoms with Gasteiger partial charge in [-0.1, -0.05) is 18.2 Å². The summed E-state index contributed by atoms with van der Waals surface area (Å²) in [5.41, 5.74) is 1.53. The molecule has 0 aromatic heterocycles. The third-order valence-electron chi connectivity index (χ3n) is 2.46. The number of hydrogen-bond donors (Lipinski definition) is 1. The highest BCUT2D eigenvalue weighted by molar-refractivity contribution is 6.33.